The molecular weight excluding hydrogens is 311 g/mol. The van der Waals surface area contributed by atoms with E-state index in [1.54, 1.807) is 0 Å². The SMILES string of the molecule is CCNc1nc(NC(C)C)nc(C2=C(F)C(O)C(F)(F)CC2)n1. The molecule has 1 aliphatic carbocycles. The maximum Gasteiger partial charge on any atom is 0.280 e. The van der Waals surface area contributed by atoms with Crippen molar-refractivity contribution < 1.29 is 18.3 Å². The summed E-state index contributed by atoms with van der Waals surface area (Å²) in [5.41, 5.74) is -0.114. The fourth-order valence-corrected chi connectivity index (χ4v) is 2.19. The van der Waals surface area contributed by atoms with Gasteiger partial charge in [-0.25, -0.2) is 13.2 Å². The summed E-state index contributed by atoms with van der Waals surface area (Å²) in [5, 5.41) is 15.3. The Kier molecular flexibility index (Phi) is 5.08. The second kappa shape index (κ2) is 6.69. The molecule has 1 unspecified atom stereocenters. The molecule has 1 heterocycles. The molecule has 1 aromatic rings. The Labute approximate surface area is 132 Å². The zero-order valence-electron chi connectivity index (χ0n) is 13.2. The number of aliphatic hydroxyl groups excluding tert-OH is 1. The zero-order valence-corrected chi connectivity index (χ0v) is 13.2. The Balaban J connectivity index is 2.45. The predicted molar refractivity (Wildman–Crippen MR) is 81.0 cm³/mol. The van der Waals surface area contributed by atoms with E-state index in [9.17, 15) is 18.3 Å². The number of halogens is 3. The summed E-state index contributed by atoms with van der Waals surface area (Å²) >= 11 is 0. The minimum absolute atomic E-state index is 0.0276. The van der Waals surface area contributed by atoms with Crippen molar-refractivity contribution in [3.05, 3.63) is 11.7 Å². The van der Waals surface area contributed by atoms with E-state index in [2.05, 4.69) is 25.6 Å². The molecule has 0 fully saturated rings. The lowest BCUT2D eigenvalue weighted by atomic mass is 9.92. The Morgan fingerprint density at radius 3 is 2.52 bits per heavy atom. The largest absolute Gasteiger partial charge is 0.380 e. The average molecular weight is 331 g/mol. The summed E-state index contributed by atoms with van der Waals surface area (Å²) in [5.74, 6) is -4.39. The standard InChI is InChI=1S/C14H20F3N5O/c1-4-18-12-20-11(21-13(22-12)19-7(2)3)8-5-6-14(16,17)10(23)9(8)15/h7,10,23H,4-6H2,1-3H3,(H2,18,19,20,21,22). The molecule has 0 aliphatic heterocycles. The number of hydrogen-bond donors (Lipinski definition) is 3. The number of aromatic nitrogens is 3. The van der Waals surface area contributed by atoms with Crippen LogP contribution in [0.25, 0.3) is 5.57 Å². The number of alkyl halides is 2. The molecule has 3 N–H and O–H groups in total. The van der Waals surface area contributed by atoms with Gasteiger partial charge in [-0.05, 0) is 27.2 Å². The summed E-state index contributed by atoms with van der Waals surface area (Å²) in [7, 11) is 0. The second-order valence-corrected chi connectivity index (χ2v) is 5.63. The number of allylic oxidation sites excluding steroid dienone is 1. The zero-order chi connectivity index (χ0) is 17.2. The molecule has 1 aromatic heterocycles. The van der Waals surface area contributed by atoms with Crippen molar-refractivity contribution in [2.24, 2.45) is 0 Å². The highest BCUT2D eigenvalue weighted by atomic mass is 19.3. The number of hydrogen-bond acceptors (Lipinski definition) is 6. The fraction of sp³-hybridized carbons (Fsp3) is 0.643. The van der Waals surface area contributed by atoms with Crippen LogP contribution < -0.4 is 10.6 Å². The van der Waals surface area contributed by atoms with Crippen LogP contribution in [0.3, 0.4) is 0 Å². The van der Waals surface area contributed by atoms with Crippen LogP contribution >= 0.6 is 0 Å². The topological polar surface area (TPSA) is 83.0 Å². The van der Waals surface area contributed by atoms with Crippen molar-refractivity contribution in [3.63, 3.8) is 0 Å². The normalized spacial score (nSPS) is 20.8. The lowest BCUT2D eigenvalue weighted by molar-refractivity contribution is -0.107. The third-order valence-corrected chi connectivity index (χ3v) is 3.29. The van der Waals surface area contributed by atoms with E-state index in [1.165, 1.54) is 0 Å². The predicted octanol–water partition coefficient (Wildman–Crippen LogP) is 2.59. The molecule has 0 radical (unpaired) electrons. The highest BCUT2D eigenvalue weighted by Gasteiger charge is 2.46. The van der Waals surface area contributed by atoms with Crippen molar-refractivity contribution in [2.75, 3.05) is 17.2 Å². The Bertz CT molecular complexity index is 606. The quantitative estimate of drug-likeness (QED) is 0.769. The number of anilines is 2. The van der Waals surface area contributed by atoms with E-state index >= 15 is 0 Å². The fourth-order valence-electron chi connectivity index (χ4n) is 2.19. The molecule has 2 rings (SSSR count). The molecule has 0 spiro atoms. The van der Waals surface area contributed by atoms with Gasteiger partial charge < -0.3 is 15.7 Å². The number of rotatable bonds is 5. The molecule has 128 valence electrons. The van der Waals surface area contributed by atoms with Gasteiger partial charge in [0.25, 0.3) is 5.92 Å². The van der Waals surface area contributed by atoms with Crippen LogP contribution in [0.15, 0.2) is 5.83 Å². The highest BCUT2D eigenvalue weighted by Crippen LogP contribution is 2.40. The van der Waals surface area contributed by atoms with Crippen molar-refractivity contribution in [1.82, 2.24) is 15.0 Å². The number of nitrogens with zero attached hydrogens (tertiary/aromatic N) is 3. The van der Waals surface area contributed by atoms with Gasteiger partial charge in [-0.1, -0.05) is 0 Å². The van der Waals surface area contributed by atoms with Crippen LogP contribution in [-0.2, 0) is 0 Å². The Morgan fingerprint density at radius 1 is 1.26 bits per heavy atom. The molecule has 0 amide bonds. The van der Waals surface area contributed by atoms with Gasteiger partial charge >= 0.3 is 0 Å². The smallest absolute Gasteiger partial charge is 0.280 e. The molecule has 23 heavy (non-hydrogen) atoms. The second-order valence-electron chi connectivity index (χ2n) is 5.63. The summed E-state index contributed by atoms with van der Waals surface area (Å²) < 4.78 is 40.9. The van der Waals surface area contributed by atoms with Crippen molar-refractivity contribution in [2.45, 2.75) is 51.7 Å². The molecule has 0 saturated carbocycles. The van der Waals surface area contributed by atoms with Crippen LogP contribution in [0.1, 0.15) is 39.4 Å². The number of aliphatic hydroxyl groups is 1. The lowest BCUT2D eigenvalue weighted by Gasteiger charge is -2.27. The van der Waals surface area contributed by atoms with Crippen molar-refractivity contribution in [1.29, 1.82) is 0 Å². The van der Waals surface area contributed by atoms with Gasteiger partial charge in [0.15, 0.2) is 11.9 Å². The van der Waals surface area contributed by atoms with Crippen molar-refractivity contribution in [3.8, 4) is 0 Å². The van der Waals surface area contributed by atoms with Gasteiger partial charge in [0.1, 0.15) is 5.83 Å². The summed E-state index contributed by atoms with van der Waals surface area (Å²) in [6.45, 7) is 6.12. The van der Waals surface area contributed by atoms with Gasteiger partial charge in [0, 0.05) is 24.6 Å². The summed E-state index contributed by atoms with van der Waals surface area (Å²) in [6, 6.07) is 0.0276. The molecule has 0 aromatic carbocycles. The van der Waals surface area contributed by atoms with E-state index in [1.807, 2.05) is 20.8 Å². The van der Waals surface area contributed by atoms with E-state index in [0.29, 0.717) is 6.54 Å². The molecule has 9 heteroatoms. The summed E-state index contributed by atoms with van der Waals surface area (Å²) in [6.07, 6.45) is -3.38. The van der Waals surface area contributed by atoms with Gasteiger partial charge in [-0.3, -0.25) is 0 Å². The molecule has 0 saturated heterocycles. The van der Waals surface area contributed by atoms with Crippen LogP contribution in [0.5, 0.6) is 0 Å². The first kappa shape index (κ1) is 17.5. The monoisotopic (exact) mass is 331 g/mol. The minimum Gasteiger partial charge on any atom is -0.380 e. The van der Waals surface area contributed by atoms with Gasteiger partial charge in [0.05, 0.1) is 0 Å². The van der Waals surface area contributed by atoms with Crippen LogP contribution in [-0.4, -0.2) is 44.7 Å². The van der Waals surface area contributed by atoms with Gasteiger partial charge in [0.2, 0.25) is 11.9 Å². The van der Waals surface area contributed by atoms with Crippen molar-refractivity contribution >= 4 is 17.5 Å². The van der Waals surface area contributed by atoms with E-state index in [0.717, 1.165) is 0 Å². The highest BCUT2D eigenvalue weighted by molar-refractivity contribution is 5.65. The van der Waals surface area contributed by atoms with Crippen LogP contribution in [0.4, 0.5) is 25.1 Å². The van der Waals surface area contributed by atoms with E-state index in [4.69, 9.17) is 0 Å². The average Bonchev–Trinajstić information content (AvgIpc) is 2.44. The van der Waals surface area contributed by atoms with E-state index in [-0.39, 0.29) is 35.8 Å². The molecule has 1 atom stereocenters. The Hall–Kier alpha value is -1.90. The van der Waals surface area contributed by atoms with Gasteiger partial charge in [-0.15, -0.1) is 0 Å². The third kappa shape index (κ3) is 3.90. The maximum atomic E-state index is 14.1. The van der Waals surface area contributed by atoms with E-state index < -0.39 is 24.3 Å². The Morgan fingerprint density at radius 2 is 1.91 bits per heavy atom. The lowest BCUT2D eigenvalue weighted by Crippen LogP contribution is -2.37. The van der Waals surface area contributed by atoms with Crippen LogP contribution in [0.2, 0.25) is 0 Å². The minimum atomic E-state index is -3.48. The molecule has 1 aliphatic rings. The third-order valence-electron chi connectivity index (χ3n) is 3.29. The number of nitrogens with one attached hydrogen (secondary N) is 2. The summed E-state index contributed by atoms with van der Waals surface area (Å²) in [4.78, 5) is 12.3. The first-order valence-electron chi connectivity index (χ1n) is 7.46. The molecule has 6 nitrogen and oxygen atoms in total. The van der Waals surface area contributed by atoms with Crippen LogP contribution in [0, 0.1) is 0 Å². The first-order valence-corrected chi connectivity index (χ1v) is 7.46. The molecule has 0 bridgehead atoms. The van der Waals surface area contributed by atoms with Gasteiger partial charge in [-0.2, -0.15) is 15.0 Å². The molecular formula is C14H20F3N5O. The first-order chi connectivity index (χ1) is 10.7. The maximum absolute atomic E-state index is 14.1.